The smallest absolute Gasteiger partial charge is 0.321 e. The molecule has 17 heavy (non-hydrogen) atoms. The van der Waals surface area contributed by atoms with Crippen molar-refractivity contribution < 1.29 is 4.79 Å². The Bertz CT molecular complexity index is 473. The molecule has 1 aliphatic heterocycles. The van der Waals surface area contributed by atoms with Crippen molar-refractivity contribution in [3.63, 3.8) is 0 Å². The second kappa shape index (κ2) is 5.17. The van der Waals surface area contributed by atoms with E-state index in [-0.39, 0.29) is 6.03 Å². The average Bonchev–Trinajstić information content (AvgIpc) is 2.75. The Morgan fingerprint density at radius 1 is 1.47 bits per heavy atom. The molecule has 0 unspecified atom stereocenters. The molecular formula is C13H13N3O. The first-order chi connectivity index (χ1) is 8.29. The fraction of sp³-hybridized carbons (Fsp3) is 0.231. The van der Waals surface area contributed by atoms with Gasteiger partial charge in [0.25, 0.3) is 0 Å². The van der Waals surface area contributed by atoms with E-state index in [1.165, 1.54) is 0 Å². The van der Waals surface area contributed by atoms with Crippen molar-refractivity contribution in [2.75, 3.05) is 13.1 Å². The van der Waals surface area contributed by atoms with E-state index in [1.54, 1.807) is 11.1 Å². The average molecular weight is 227 g/mol. The van der Waals surface area contributed by atoms with Crippen LogP contribution in [0.4, 0.5) is 4.79 Å². The lowest BCUT2D eigenvalue weighted by Gasteiger charge is -2.08. The van der Waals surface area contributed by atoms with Crippen LogP contribution in [0, 0.1) is 11.3 Å². The van der Waals surface area contributed by atoms with Gasteiger partial charge in [-0.1, -0.05) is 30.3 Å². The van der Waals surface area contributed by atoms with Crippen molar-refractivity contribution in [3.8, 4) is 6.07 Å². The van der Waals surface area contributed by atoms with Crippen LogP contribution in [0.2, 0.25) is 0 Å². The fourth-order valence-electron chi connectivity index (χ4n) is 1.73. The molecule has 0 spiro atoms. The number of carbonyl (C=O) groups excluding carboxylic acids is 1. The Morgan fingerprint density at radius 2 is 2.24 bits per heavy atom. The summed E-state index contributed by atoms with van der Waals surface area (Å²) in [5.74, 6) is 0. The standard InChI is InChI=1S/C13H13N3O/c14-9-12(8-11-4-2-1-3-5-11)10-16-7-6-15-13(16)17/h1-5,10H,6-8H2,(H,15,17). The predicted molar refractivity (Wildman–Crippen MR) is 63.9 cm³/mol. The molecule has 1 saturated heterocycles. The highest BCUT2D eigenvalue weighted by Crippen LogP contribution is 2.09. The van der Waals surface area contributed by atoms with Gasteiger partial charge in [-0.15, -0.1) is 0 Å². The molecule has 0 radical (unpaired) electrons. The summed E-state index contributed by atoms with van der Waals surface area (Å²) >= 11 is 0. The first kappa shape index (κ1) is 11.2. The topological polar surface area (TPSA) is 56.1 Å². The van der Waals surface area contributed by atoms with Gasteiger partial charge in [0.05, 0.1) is 11.6 Å². The SMILES string of the molecule is N#CC(=CN1CCNC1=O)Cc1ccccc1. The summed E-state index contributed by atoms with van der Waals surface area (Å²) in [6, 6.07) is 11.8. The van der Waals surface area contributed by atoms with Gasteiger partial charge in [0.2, 0.25) is 0 Å². The minimum atomic E-state index is -0.134. The van der Waals surface area contributed by atoms with E-state index < -0.39 is 0 Å². The normalized spacial score (nSPS) is 15.6. The molecule has 2 amide bonds. The van der Waals surface area contributed by atoms with E-state index in [9.17, 15) is 4.79 Å². The molecule has 1 N–H and O–H groups in total. The number of carbonyl (C=O) groups is 1. The molecule has 1 heterocycles. The molecule has 2 rings (SSSR count). The van der Waals surface area contributed by atoms with Gasteiger partial charge < -0.3 is 5.32 Å². The van der Waals surface area contributed by atoms with Gasteiger partial charge >= 0.3 is 6.03 Å². The number of urea groups is 1. The predicted octanol–water partition coefficient (Wildman–Crippen LogP) is 1.66. The van der Waals surface area contributed by atoms with Crippen LogP contribution in [0.25, 0.3) is 0 Å². The van der Waals surface area contributed by atoms with E-state index in [1.807, 2.05) is 30.3 Å². The molecule has 0 aromatic heterocycles. The number of nitrogens with one attached hydrogen (secondary N) is 1. The summed E-state index contributed by atoms with van der Waals surface area (Å²) < 4.78 is 0. The number of allylic oxidation sites excluding steroid dienone is 1. The summed E-state index contributed by atoms with van der Waals surface area (Å²) in [4.78, 5) is 12.9. The van der Waals surface area contributed by atoms with Crippen LogP contribution in [0.1, 0.15) is 5.56 Å². The van der Waals surface area contributed by atoms with Crippen LogP contribution >= 0.6 is 0 Å². The lowest BCUT2D eigenvalue weighted by molar-refractivity contribution is 0.230. The molecule has 1 aliphatic rings. The lowest BCUT2D eigenvalue weighted by Crippen LogP contribution is -2.23. The van der Waals surface area contributed by atoms with Crippen LogP contribution in [0.15, 0.2) is 42.1 Å². The Labute approximate surface area is 100 Å². The minimum absolute atomic E-state index is 0.134. The van der Waals surface area contributed by atoms with Crippen molar-refractivity contribution in [1.29, 1.82) is 5.26 Å². The first-order valence-electron chi connectivity index (χ1n) is 5.49. The molecule has 1 aromatic carbocycles. The number of benzene rings is 1. The third kappa shape index (κ3) is 2.85. The number of nitriles is 1. The van der Waals surface area contributed by atoms with Crippen LogP contribution in [0.3, 0.4) is 0 Å². The number of nitrogens with zero attached hydrogens (tertiary/aromatic N) is 2. The molecule has 0 bridgehead atoms. The molecule has 4 heteroatoms. The van der Waals surface area contributed by atoms with Gasteiger partial charge in [-0.2, -0.15) is 5.26 Å². The van der Waals surface area contributed by atoms with Gasteiger partial charge in [0.15, 0.2) is 0 Å². The van der Waals surface area contributed by atoms with E-state index in [0.717, 1.165) is 5.56 Å². The van der Waals surface area contributed by atoms with Gasteiger partial charge in [0.1, 0.15) is 0 Å². The van der Waals surface area contributed by atoms with Gasteiger partial charge in [-0.05, 0) is 5.56 Å². The number of hydrogen-bond donors (Lipinski definition) is 1. The Balaban J connectivity index is 2.09. The lowest BCUT2D eigenvalue weighted by atomic mass is 10.1. The molecule has 0 atom stereocenters. The first-order valence-corrected chi connectivity index (χ1v) is 5.49. The van der Waals surface area contributed by atoms with Gasteiger partial charge in [0, 0.05) is 25.7 Å². The number of hydrogen-bond acceptors (Lipinski definition) is 2. The highest BCUT2D eigenvalue weighted by atomic mass is 16.2. The van der Waals surface area contributed by atoms with E-state index in [4.69, 9.17) is 5.26 Å². The van der Waals surface area contributed by atoms with Crippen molar-refractivity contribution in [1.82, 2.24) is 10.2 Å². The molecular weight excluding hydrogens is 214 g/mol. The molecule has 0 aliphatic carbocycles. The summed E-state index contributed by atoms with van der Waals surface area (Å²) in [5, 5.41) is 11.8. The fourth-order valence-corrected chi connectivity index (χ4v) is 1.73. The summed E-state index contributed by atoms with van der Waals surface area (Å²) in [6.45, 7) is 1.26. The van der Waals surface area contributed by atoms with E-state index in [0.29, 0.717) is 25.1 Å². The Morgan fingerprint density at radius 3 is 2.82 bits per heavy atom. The molecule has 4 nitrogen and oxygen atoms in total. The van der Waals surface area contributed by atoms with E-state index >= 15 is 0 Å². The van der Waals surface area contributed by atoms with Crippen LogP contribution in [-0.2, 0) is 6.42 Å². The maximum Gasteiger partial charge on any atom is 0.321 e. The second-order valence-corrected chi connectivity index (χ2v) is 3.85. The monoisotopic (exact) mass is 227 g/mol. The van der Waals surface area contributed by atoms with Crippen molar-refractivity contribution in [3.05, 3.63) is 47.7 Å². The summed E-state index contributed by atoms with van der Waals surface area (Å²) in [5.41, 5.74) is 1.66. The Hall–Kier alpha value is -2.28. The van der Waals surface area contributed by atoms with Crippen molar-refractivity contribution >= 4 is 6.03 Å². The minimum Gasteiger partial charge on any atom is -0.336 e. The van der Waals surface area contributed by atoms with Crippen LogP contribution in [0.5, 0.6) is 0 Å². The maximum absolute atomic E-state index is 11.3. The summed E-state index contributed by atoms with van der Waals surface area (Å²) in [7, 11) is 0. The second-order valence-electron chi connectivity index (χ2n) is 3.85. The summed E-state index contributed by atoms with van der Waals surface area (Å²) in [6.07, 6.45) is 2.19. The number of rotatable bonds is 3. The highest BCUT2D eigenvalue weighted by molar-refractivity contribution is 5.77. The van der Waals surface area contributed by atoms with Crippen LogP contribution < -0.4 is 5.32 Å². The maximum atomic E-state index is 11.3. The van der Waals surface area contributed by atoms with Crippen LogP contribution in [-0.4, -0.2) is 24.0 Å². The molecule has 0 saturated carbocycles. The third-order valence-electron chi connectivity index (χ3n) is 2.58. The third-order valence-corrected chi connectivity index (χ3v) is 2.58. The Kier molecular flexibility index (Phi) is 3.41. The zero-order valence-electron chi connectivity index (χ0n) is 9.39. The zero-order valence-corrected chi connectivity index (χ0v) is 9.39. The number of amides is 2. The highest BCUT2D eigenvalue weighted by Gasteiger charge is 2.17. The molecule has 1 aromatic rings. The molecule has 86 valence electrons. The largest absolute Gasteiger partial charge is 0.336 e. The van der Waals surface area contributed by atoms with Crippen molar-refractivity contribution in [2.24, 2.45) is 0 Å². The van der Waals surface area contributed by atoms with Gasteiger partial charge in [-0.25, -0.2) is 4.79 Å². The molecule has 1 fully saturated rings. The van der Waals surface area contributed by atoms with Gasteiger partial charge in [-0.3, -0.25) is 4.90 Å². The zero-order chi connectivity index (χ0) is 12.1. The quantitative estimate of drug-likeness (QED) is 0.798. The van der Waals surface area contributed by atoms with E-state index in [2.05, 4.69) is 11.4 Å². The van der Waals surface area contributed by atoms with Crippen molar-refractivity contribution in [2.45, 2.75) is 6.42 Å².